The molecule has 1 aromatic carbocycles. The Hall–Kier alpha value is -0.420. The Morgan fingerprint density at radius 3 is 2.80 bits per heavy atom. The largest absolute Gasteiger partial charge is 0.382 e. The maximum Gasteiger partial charge on any atom is 0.0700 e. The molecule has 0 saturated carbocycles. The average Bonchev–Trinajstić information content (AvgIpc) is 2.45. The molecule has 0 aliphatic carbocycles. The zero-order chi connectivity index (χ0) is 14.6. The van der Waals surface area contributed by atoms with E-state index in [-0.39, 0.29) is 0 Å². The summed E-state index contributed by atoms with van der Waals surface area (Å²) >= 11 is 3.55. The summed E-state index contributed by atoms with van der Waals surface area (Å²) in [6.45, 7) is 6.36. The third kappa shape index (κ3) is 7.39. The maximum atomic E-state index is 5.60. The van der Waals surface area contributed by atoms with Crippen LogP contribution in [0.3, 0.4) is 0 Å². The molecule has 3 nitrogen and oxygen atoms in total. The third-order valence-electron chi connectivity index (χ3n) is 3.18. The molecule has 0 amide bonds. The summed E-state index contributed by atoms with van der Waals surface area (Å²) in [5.74, 6) is 0.488. The van der Waals surface area contributed by atoms with E-state index < -0.39 is 0 Å². The van der Waals surface area contributed by atoms with Gasteiger partial charge in [0.15, 0.2) is 0 Å². The second kappa shape index (κ2) is 11.3. The number of ether oxygens (including phenoxy) is 2. The third-order valence-corrected chi connectivity index (χ3v) is 3.67. The maximum absolute atomic E-state index is 5.60. The van der Waals surface area contributed by atoms with E-state index in [9.17, 15) is 0 Å². The minimum atomic E-state index is 0.488. The molecular formula is C16H26BrNO2. The van der Waals surface area contributed by atoms with Crippen LogP contribution in [0.4, 0.5) is 0 Å². The first kappa shape index (κ1) is 17.6. The molecular weight excluding hydrogens is 318 g/mol. The second-order valence-electron chi connectivity index (χ2n) is 4.85. The molecule has 0 bridgehead atoms. The first-order valence-corrected chi connectivity index (χ1v) is 8.10. The highest BCUT2D eigenvalue weighted by atomic mass is 79.9. The molecule has 20 heavy (non-hydrogen) atoms. The van der Waals surface area contributed by atoms with Crippen molar-refractivity contribution in [2.24, 2.45) is 0 Å². The summed E-state index contributed by atoms with van der Waals surface area (Å²) in [4.78, 5) is 0. The predicted octanol–water partition coefficient (Wildman–Crippen LogP) is 3.59. The Morgan fingerprint density at radius 1 is 1.25 bits per heavy atom. The fourth-order valence-electron chi connectivity index (χ4n) is 2.07. The quantitative estimate of drug-likeness (QED) is 0.623. The first-order chi connectivity index (χ1) is 9.77. The topological polar surface area (TPSA) is 30.5 Å². The Morgan fingerprint density at radius 2 is 2.10 bits per heavy atom. The van der Waals surface area contributed by atoms with Gasteiger partial charge < -0.3 is 14.8 Å². The van der Waals surface area contributed by atoms with E-state index in [0.717, 1.165) is 37.0 Å². The summed E-state index contributed by atoms with van der Waals surface area (Å²) in [5.41, 5.74) is 1.36. The lowest BCUT2D eigenvalue weighted by Gasteiger charge is -2.18. The number of hydrogen-bond acceptors (Lipinski definition) is 3. The smallest absolute Gasteiger partial charge is 0.0700 e. The van der Waals surface area contributed by atoms with Crippen molar-refractivity contribution in [3.8, 4) is 0 Å². The van der Waals surface area contributed by atoms with Crippen LogP contribution in [0.25, 0.3) is 0 Å². The van der Waals surface area contributed by atoms with Crippen LogP contribution >= 0.6 is 15.9 Å². The SMILES string of the molecule is CCCNCC(CCOCCOC)c1cccc(Br)c1. The molecule has 0 saturated heterocycles. The fraction of sp³-hybridized carbons (Fsp3) is 0.625. The van der Waals surface area contributed by atoms with E-state index in [0.29, 0.717) is 19.1 Å². The van der Waals surface area contributed by atoms with Gasteiger partial charge in [0.2, 0.25) is 0 Å². The van der Waals surface area contributed by atoms with E-state index in [1.54, 1.807) is 7.11 Å². The lowest BCUT2D eigenvalue weighted by molar-refractivity contribution is 0.0670. The van der Waals surface area contributed by atoms with Gasteiger partial charge in [-0.15, -0.1) is 0 Å². The number of rotatable bonds is 11. The molecule has 1 unspecified atom stereocenters. The molecule has 1 rings (SSSR count). The summed E-state index contributed by atoms with van der Waals surface area (Å²) in [5, 5.41) is 3.51. The van der Waals surface area contributed by atoms with Crippen LogP contribution in [0, 0.1) is 0 Å². The Bertz CT molecular complexity index is 360. The van der Waals surface area contributed by atoms with Gasteiger partial charge in [-0.05, 0) is 43.0 Å². The standard InChI is InChI=1S/C16H26BrNO2/c1-3-8-18-13-15(7-9-20-11-10-19-2)14-5-4-6-16(17)12-14/h4-6,12,15,18H,3,7-11,13H2,1-2H3. The number of benzene rings is 1. The zero-order valence-corrected chi connectivity index (χ0v) is 14.1. The molecule has 0 radical (unpaired) electrons. The Kier molecular flexibility index (Phi) is 9.93. The molecule has 0 aliphatic rings. The minimum absolute atomic E-state index is 0.488. The van der Waals surface area contributed by atoms with Gasteiger partial charge in [-0.2, -0.15) is 0 Å². The number of hydrogen-bond donors (Lipinski definition) is 1. The molecule has 0 spiro atoms. The highest BCUT2D eigenvalue weighted by molar-refractivity contribution is 9.10. The lowest BCUT2D eigenvalue weighted by Crippen LogP contribution is -2.23. The van der Waals surface area contributed by atoms with Crippen LogP contribution in [0.2, 0.25) is 0 Å². The summed E-state index contributed by atoms with van der Waals surface area (Å²) in [7, 11) is 1.70. The van der Waals surface area contributed by atoms with Crippen molar-refractivity contribution in [3.63, 3.8) is 0 Å². The van der Waals surface area contributed by atoms with Crippen LogP contribution in [0.1, 0.15) is 31.2 Å². The zero-order valence-electron chi connectivity index (χ0n) is 12.5. The molecule has 0 aromatic heterocycles. The van der Waals surface area contributed by atoms with Gasteiger partial charge in [-0.25, -0.2) is 0 Å². The van der Waals surface area contributed by atoms with E-state index in [4.69, 9.17) is 9.47 Å². The molecule has 0 aliphatic heterocycles. The Labute approximate surface area is 131 Å². The average molecular weight is 344 g/mol. The highest BCUT2D eigenvalue weighted by Gasteiger charge is 2.11. The van der Waals surface area contributed by atoms with Crippen LogP contribution in [-0.2, 0) is 9.47 Å². The highest BCUT2D eigenvalue weighted by Crippen LogP contribution is 2.22. The van der Waals surface area contributed by atoms with Crippen LogP contribution in [0.5, 0.6) is 0 Å². The Balaban J connectivity index is 2.47. The molecule has 4 heteroatoms. The molecule has 0 fully saturated rings. The second-order valence-corrected chi connectivity index (χ2v) is 5.77. The van der Waals surface area contributed by atoms with Gasteiger partial charge in [0, 0.05) is 24.7 Å². The molecule has 1 N–H and O–H groups in total. The molecule has 1 atom stereocenters. The first-order valence-electron chi connectivity index (χ1n) is 7.30. The van der Waals surface area contributed by atoms with Crippen molar-refractivity contribution < 1.29 is 9.47 Å². The van der Waals surface area contributed by atoms with Crippen LogP contribution in [-0.4, -0.2) is 40.0 Å². The van der Waals surface area contributed by atoms with E-state index in [1.807, 2.05) is 0 Å². The summed E-state index contributed by atoms with van der Waals surface area (Å²) in [6, 6.07) is 8.55. The molecule has 1 aromatic rings. The van der Waals surface area contributed by atoms with Gasteiger partial charge in [0.25, 0.3) is 0 Å². The van der Waals surface area contributed by atoms with E-state index in [1.165, 1.54) is 5.56 Å². The monoisotopic (exact) mass is 343 g/mol. The van der Waals surface area contributed by atoms with Gasteiger partial charge >= 0.3 is 0 Å². The number of nitrogens with one attached hydrogen (secondary N) is 1. The number of halogens is 1. The van der Waals surface area contributed by atoms with Gasteiger partial charge in [-0.3, -0.25) is 0 Å². The minimum Gasteiger partial charge on any atom is -0.382 e. The van der Waals surface area contributed by atoms with Crippen molar-refractivity contribution in [1.29, 1.82) is 0 Å². The lowest BCUT2D eigenvalue weighted by atomic mass is 9.96. The van der Waals surface area contributed by atoms with Crippen molar-refractivity contribution in [3.05, 3.63) is 34.3 Å². The molecule has 114 valence electrons. The van der Waals surface area contributed by atoms with Crippen molar-refractivity contribution in [2.45, 2.75) is 25.7 Å². The van der Waals surface area contributed by atoms with Crippen LogP contribution in [0.15, 0.2) is 28.7 Å². The molecule has 0 heterocycles. The summed E-state index contributed by atoms with van der Waals surface area (Å²) < 4.78 is 11.7. The van der Waals surface area contributed by atoms with Gasteiger partial charge in [0.1, 0.15) is 0 Å². The van der Waals surface area contributed by atoms with Gasteiger partial charge in [-0.1, -0.05) is 35.0 Å². The normalized spacial score (nSPS) is 12.6. The van der Waals surface area contributed by atoms with Crippen molar-refractivity contribution >= 4 is 15.9 Å². The predicted molar refractivity (Wildman–Crippen MR) is 87.4 cm³/mol. The van der Waals surface area contributed by atoms with Crippen molar-refractivity contribution in [1.82, 2.24) is 5.32 Å². The van der Waals surface area contributed by atoms with Crippen molar-refractivity contribution in [2.75, 3.05) is 40.0 Å². The van der Waals surface area contributed by atoms with Crippen LogP contribution < -0.4 is 5.32 Å². The van der Waals surface area contributed by atoms with Gasteiger partial charge in [0.05, 0.1) is 13.2 Å². The number of methoxy groups -OCH3 is 1. The van der Waals surface area contributed by atoms with E-state index >= 15 is 0 Å². The fourth-order valence-corrected chi connectivity index (χ4v) is 2.49. The summed E-state index contributed by atoms with van der Waals surface area (Å²) in [6.07, 6.45) is 2.19. The van der Waals surface area contributed by atoms with E-state index in [2.05, 4.69) is 52.4 Å².